The van der Waals surface area contributed by atoms with Crippen LogP contribution in [0.1, 0.15) is 19.3 Å². The molecule has 2 N–H and O–H groups in total. The van der Waals surface area contributed by atoms with Crippen LogP contribution in [0.5, 0.6) is 0 Å². The molecule has 5 heteroatoms. The zero-order valence-electron chi connectivity index (χ0n) is 10.5. The minimum atomic E-state index is 0.396. The van der Waals surface area contributed by atoms with Gasteiger partial charge in [-0.1, -0.05) is 0 Å². The van der Waals surface area contributed by atoms with Gasteiger partial charge in [0.1, 0.15) is 0 Å². The molecule has 100 valence electrons. The molecule has 0 aliphatic carbocycles. The number of ether oxygens (including phenoxy) is 1. The molecule has 1 aromatic heterocycles. The lowest BCUT2D eigenvalue weighted by Crippen LogP contribution is -2.37. The van der Waals surface area contributed by atoms with Crippen LogP contribution in [-0.4, -0.2) is 37.3 Å². The second-order valence-electron chi connectivity index (χ2n) is 4.56. The van der Waals surface area contributed by atoms with E-state index in [-0.39, 0.29) is 0 Å². The molecule has 0 aromatic carbocycles. The van der Waals surface area contributed by atoms with Gasteiger partial charge in [0.05, 0.1) is 18.0 Å². The Kier molecular flexibility index (Phi) is 5.41. The summed E-state index contributed by atoms with van der Waals surface area (Å²) in [5.74, 6) is 0. The van der Waals surface area contributed by atoms with E-state index in [4.69, 9.17) is 10.5 Å². The van der Waals surface area contributed by atoms with Crippen LogP contribution in [0.3, 0.4) is 0 Å². The molecule has 18 heavy (non-hydrogen) atoms. The van der Waals surface area contributed by atoms with E-state index in [2.05, 4.69) is 31.9 Å². The van der Waals surface area contributed by atoms with Crippen molar-refractivity contribution in [2.24, 2.45) is 5.73 Å². The van der Waals surface area contributed by atoms with Crippen LogP contribution in [0.4, 0.5) is 5.69 Å². The summed E-state index contributed by atoms with van der Waals surface area (Å²) in [7, 11) is 0. The summed E-state index contributed by atoms with van der Waals surface area (Å²) in [6.07, 6.45) is 7.24. The van der Waals surface area contributed by atoms with Gasteiger partial charge in [0, 0.05) is 30.4 Å². The van der Waals surface area contributed by atoms with Gasteiger partial charge in [0.2, 0.25) is 0 Å². The third kappa shape index (κ3) is 3.93. The van der Waals surface area contributed by atoms with E-state index in [1.165, 1.54) is 5.69 Å². The first-order valence-electron chi connectivity index (χ1n) is 6.47. The van der Waals surface area contributed by atoms with Crippen LogP contribution in [-0.2, 0) is 4.74 Å². The van der Waals surface area contributed by atoms with Gasteiger partial charge in [0.15, 0.2) is 0 Å². The number of aromatic nitrogens is 1. The van der Waals surface area contributed by atoms with Crippen LogP contribution in [0.25, 0.3) is 0 Å². The highest BCUT2D eigenvalue weighted by molar-refractivity contribution is 9.10. The molecule has 1 aromatic rings. The molecule has 1 aliphatic heterocycles. The van der Waals surface area contributed by atoms with Gasteiger partial charge in [-0.05, 0) is 47.8 Å². The van der Waals surface area contributed by atoms with Crippen LogP contribution < -0.4 is 10.6 Å². The summed E-state index contributed by atoms with van der Waals surface area (Å²) in [5, 5.41) is 0. The summed E-state index contributed by atoms with van der Waals surface area (Å²) < 4.78 is 6.83. The van der Waals surface area contributed by atoms with E-state index in [0.717, 1.165) is 43.4 Å². The number of rotatable bonds is 5. The van der Waals surface area contributed by atoms with Gasteiger partial charge in [0.25, 0.3) is 0 Å². The normalized spacial score (nSPS) is 17.1. The predicted molar refractivity (Wildman–Crippen MR) is 76.8 cm³/mol. The van der Waals surface area contributed by atoms with Gasteiger partial charge >= 0.3 is 0 Å². The summed E-state index contributed by atoms with van der Waals surface area (Å²) in [4.78, 5) is 6.57. The molecule has 0 spiro atoms. The smallest absolute Gasteiger partial charge is 0.0608 e. The fourth-order valence-corrected chi connectivity index (χ4v) is 2.54. The lowest BCUT2D eigenvalue weighted by atomic mass is 10.1. The Bertz CT molecular complexity index is 367. The van der Waals surface area contributed by atoms with Gasteiger partial charge in [-0.3, -0.25) is 4.98 Å². The van der Waals surface area contributed by atoms with E-state index >= 15 is 0 Å². The number of hydrogen-bond acceptors (Lipinski definition) is 4. The molecule has 1 aliphatic rings. The van der Waals surface area contributed by atoms with Crippen LogP contribution in [0.15, 0.2) is 22.9 Å². The maximum absolute atomic E-state index is 5.80. The van der Waals surface area contributed by atoms with Crippen LogP contribution in [0.2, 0.25) is 0 Å². The number of piperidine rings is 1. The molecule has 4 nitrogen and oxygen atoms in total. The molecule has 0 atom stereocenters. The van der Waals surface area contributed by atoms with E-state index in [9.17, 15) is 0 Å². The van der Waals surface area contributed by atoms with E-state index < -0.39 is 0 Å². The molecule has 1 saturated heterocycles. The first kappa shape index (κ1) is 13.8. The van der Waals surface area contributed by atoms with Gasteiger partial charge in [-0.25, -0.2) is 0 Å². The first-order chi connectivity index (χ1) is 8.79. The molecule has 0 amide bonds. The highest BCUT2D eigenvalue weighted by Gasteiger charge is 2.19. The molecular weight excluding hydrogens is 294 g/mol. The summed E-state index contributed by atoms with van der Waals surface area (Å²) >= 11 is 3.46. The Morgan fingerprint density at radius 3 is 2.83 bits per heavy atom. The summed E-state index contributed by atoms with van der Waals surface area (Å²) in [6.45, 7) is 3.57. The van der Waals surface area contributed by atoms with Crippen molar-refractivity contribution in [3.63, 3.8) is 0 Å². The molecule has 2 heterocycles. The number of nitrogens with two attached hydrogens (primary N) is 1. The van der Waals surface area contributed by atoms with E-state index in [1.807, 2.05) is 12.4 Å². The van der Waals surface area contributed by atoms with Crippen molar-refractivity contribution in [3.05, 3.63) is 22.9 Å². The third-order valence-electron chi connectivity index (χ3n) is 3.20. The zero-order chi connectivity index (χ0) is 12.8. The SMILES string of the molecule is NCCCOC1CCN(c2cncc(Br)c2)CC1. The van der Waals surface area contributed by atoms with E-state index in [0.29, 0.717) is 12.6 Å². The van der Waals surface area contributed by atoms with Crippen molar-refractivity contribution in [1.29, 1.82) is 0 Å². The van der Waals surface area contributed by atoms with Gasteiger partial charge < -0.3 is 15.4 Å². The number of hydrogen-bond donors (Lipinski definition) is 1. The number of pyridine rings is 1. The van der Waals surface area contributed by atoms with Crippen molar-refractivity contribution in [2.45, 2.75) is 25.4 Å². The molecule has 0 saturated carbocycles. The minimum Gasteiger partial charge on any atom is -0.378 e. The number of nitrogens with zero attached hydrogens (tertiary/aromatic N) is 2. The van der Waals surface area contributed by atoms with Gasteiger partial charge in [-0.2, -0.15) is 0 Å². The fraction of sp³-hybridized carbons (Fsp3) is 0.615. The summed E-state index contributed by atoms with van der Waals surface area (Å²) in [5.41, 5.74) is 6.64. The van der Waals surface area contributed by atoms with E-state index in [1.54, 1.807) is 0 Å². The fourth-order valence-electron chi connectivity index (χ4n) is 2.19. The molecule has 2 rings (SSSR count). The second-order valence-corrected chi connectivity index (χ2v) is 5.48. The van der Waals surface area contributed by atoms with Gasteiger partial charge in [-0.15, -0.1) is 0 Å². The maximum Gasteiger partial charge on any atom is 0.0608 e. The predicted octanol–water partition coefficient (Wildman–Crippen LogP) is 2.18. The minimum absolute atomic E-state index is 0.396. The zero-order valence-corrected chi connectivity index (χ0v) is 12.1. The number of anilines is 1. The second kappa shape index (κ2) is 7.07. The first-order valence-corrected chi connectivity index (χ1v) is 7.26. The monoisotopic (exact) mass is 313 g/mol. The van der Waals surface area contributed by atoms with Crippen molar-refractivity contribution in [1.82, 2.24) is 4.98 Å². The van der Waals surface area contributed by atoms with Crippen molar-refractivity contribution >= 4 is 21.6 Å². The largest absolute Gasteiger partial charge is 0.378 e. The lowest BCUT2D eigenvalue weighted by molar-refractivity contribution is 0.0366. The quantitative estimate of drug-likeness (QED) is 0.847. The Morgan fingerprint density at radius 2 is 2.17 bits per heavy atom. The topological polar surface area (TPSA) is 51.4 Å². The Labute approximate surface area is 117 Å². The van der Waals surface area contributed by atoms with Crippen molar-refractivity contribution < 1.29 is 4.74 Å². The maximum atomic E-state index is 5.80. The van der Waals surface area contributed by atoms with Crippen LogP contribution >= 0.6 is 15.9 Å². The van der Waals surface area contributed by atoms with Crippen molar-refractivity contribution in [2.75, 3.05) is 31.1 Å². The standard InChI is InChI=1S/C13H20BrN3O/c14-11-8-12(10-16-9-11)17-5-2-13(3-6-17)18-7-1-4-15/h8-10,13H,1-7,15H2. The highest BCUT2D eigenvalue weighted by atomic mass is 79.9. The van der Waals surface area contributed by atoms with Crippen LogP contribution in [0, 0.1) is 0 Å². The highest BCUT2D eigenvalue weighted by Crippen LogP contribution is 2.23. The Balaban J connectivity index is 1.79. The lowest BCUT2D eigenvalue weighted by Gasteiger charge is -2.33. The third-order valence-corrected chi connectivity index (χ3v) is 3.63. The molecular formula is C13H20BrN3O. The molecule has 0 unspecified atom stereocenters. The molecule has 1 fully saturated rings. The Morgan fingerprint density at radius 1 is 1.39 bits per heavy atom. The summed E-state index contributed by atoms with van der Waals surface area (Å²) in [6, 6.07) is 2.11. The average Bonchev–Trinajstić information content (AvgIpc) is 2.40. The van der Waals surface area contributed by atoms with Crippen molar-refractivity contribution in [3.8, 4) is 0 Å². The average molecular weight is 314 g/mol. The molecule has 0 radical (unpaired) electrons. The number of halogens is 1. The molecule has 0 bridgehead atoms. The Hall–Kier alpha value is -0.650.